The molecular weight excluding hydrogens is 426 g/mol. The molecule has 0 aliphatic heterocycles. The van der Waals surface area contributed by atoms with Crippen LogP contribution in [0.25, 0.3) is 0 Å². The molecule has 0 aliphatic rings. The van der Waals surface area contributed by atoms with Crippen molar-refractivity contribution in [2.45, 2.75) is 24.4 Å². The molecule has 0 spiro atoms. The molecule has 1 unspecified atom stereocenters. The van der Waals surface area contributed by atoms with Gasteiger partial charge in [-0.15, -0.1) is 0 Å². The van der Waals surface area contributed by atoms with Gasteiger partial charge in [0.25, 0.3) is 10.0 Å². The van der Waals surface area contributed by atoms with E-state index in [2.05, 4.69) is 20.3 Å². The number of hydrogen-bond donors (Lipinski definition) is 3. The molecule has 2 aromatic carbocycles. The van der Waals surface area contributed by atoms with Crippen LogP contribution in [0.15, 0.2) is 71.8 Å². The van der Waals surface area contributed by atoms with Crippen molar-refractivity contribution in [1.29, 1.82) is 0 Å². The Morgan fingerprint density at radius 2 is 1.77 bits per heavy atom. The summed E-state index contributed by atoms with van der Waals surface area (Å²) in [7, 11) is -4.05. The van der Waals surface area contributed by atoms with Crippen molar-refractivity contribution in [2.75, 3.05) is 10.0 Å². The largest absolute Gasteiger partial charge is 0.359 e. The van der Waals surface area contributed by atoms with Gasteiger partial charge in [0.2, 0.25) is 5.91 Å². The van der Waals surface area contributed by atoms with Gasteiger partial charge in [-0.25, -0.2) is 22.2 Å². The zero-order valence-electron chi connectivity index (χ0n) is 16.5. The Balaban J connectivity index is 1.59. The van der Waals surface area contributed by atoms with Crippen molar-refractivity contribution in [1.82, 2.24) is 10.3 Å². The number of carbonyl (C=O) groups excluding carboxylic acids is 1. The maximum Gasteiger partial charge on any atom is 0.263 e. The molecule has 3 N–H and O–H groups in total. The molecule has 1 heterocycles. The van der Waals surface area contributed by atoms with Crippen LogP contribution in [0.4, 0.5) is 20.3 Å². The van der Waals surface area contributed by atoms with Gasteiger partial charge in [-0.3, -0.25) is 9.52 Å². The topological polar surface area (TPSA) is 100 Å². The van der Waals surface area contributed by atoms with Gasteiger partial charge in [0, 0.05) is 18.8 Å². The summed E-state index contributed by atoms with van der Waals surface area (Å²) in [5, 5.41) is 5.69. The lowest BCUT2D eigenvalue weighted by atomic mass is 10.2. The molecule has 7 nitrogen and oxygen atoms in total. The normalized spacial score (nSPS) is 12.1. The second-order valence-electron chi connectivity index (χ2n) is 6.68. The third kappa shape index (κ3) is 5.98. The summed E-state index contributed by atoms with van der Waals surface area (Å²) in [5.74, 6) is -2.20. The van der Waals surface area contributed by atoms with Crippen LogP contribution < -0.4 is 15.4 Å². The second-order valence-corrected chi connectivity index (χ2v) is 8.37. The molecule has 0 fully saturated rings. The number of halogens is 2. The fourth-order valence-electron chi connectivity index (χ4n) is 2.62. The smallest absolute Gasteiger partial charge is 0.263 e. The fourth-order valence-corrected chi connectivity index (χ4v) is 3.62. The maximum absolute atomic E-state index is 13.3. The van der Waals surface area contributed by atoms with Gasteiger partial charge < -0.3 is 10.6 Å². The Kier molecular flexibility index (Phi) is 6.81. The van der Waals surface area contributed by atoms with E-state index in [1.54, 1.807) is 6.92 Å². The standard InChI is InChI=1S/C21H20F2N4O3S/c1-14(21(28)25-12-15-5-3-2-4-6-15)26-20-10-8-17(13-24-20)31(29,30)27-16-7-9-18(22)19(23)11-16/h2-11,13-14,27H,12H2,1H3,(H,24,26)(H,25,28). The number of nitrogens with one attached hydrogen (secondary N) is 3. The number of sulfonamides is 1. The van der Waals surface area contributed by atoms with Crippen molar-refractivity contribution in [3.05, 3.63) is 84.1 Å². The van der Waals surface area contributed by atoms with Crippen molar-refractivity contribution < 1.29 is 22.0 Å². The van der Waals surface area contributed by atoms with Crippen LogP contribution in [-0.4, -0.2) is 25.4 Å². The zero-order chi connectivity index (χ0) is 22.4. The molecule has 3 rings (SSSR count). The third-order valence-corrected chi connectivity index (χ3v) is 5.65. The summed E-state index contributed by atoms with van der Waals surface area (Å²) in [4.78, 5) is 16.1. The summed E-state index contributed by atoms with van der Waals surface area (Å²) >= 11 is 0. The number of rotatable bonds is 8. The highest BCUT2D eigenvalue weighted by Crippen LogP contribution is 2.19. The number of benzene rings is 2. The Labute approximate surface area is 178 Å². The highest BCUT2D eigenvalue weighted by Gasteiger charge is 2.17. The highest BCUT2D eigenvalue weighted by molar-refractivity contribution is 7.92. The quantitative estimate of drug-likeness (QED) is 0.493. The molecule has 0 aliphatic carbocycles. The Bertz CT molecular complexity index is 1160. The molecule has 0 bridgehead atoms. The molecule has 3 aromatic rings. The van der Waals surface area contributed by atoms with E-state index < -0.39 is 27.7 Å². The van der Waals surface area contributed by atoms with E-state index in [-0.39, 0.29) is 16.5 Å². The van der Waals surface area contributed by atoms with Crippen molar-refractivity contribution in [3.63, 3.8) is 0 Å². The summed E-state index contributed by atoms with van der Waals surface area (Å²) in [6.45, 7) is 2.03. The van der Waals surface area contributed by atoms with Gasteiger partial charge in [-0.2, -0.15) is 0 Å². The fraction of sp³-hybridized carbons (Fsp3) is 0.143. The molecule has 10 heteroatoms. The molecule has 0 saturated carbocycles. The first kappa shape index (κ1) is 22.2. The number of anilines is 2. The second kappa shape index (κ2) is 9.52. The van der Waals surface area contributed by atoms with Gasteiger partial charge in [-0.1, -0.05) is 30.3 Å². The molecule has 1 amide bonds. The van der Waals surface area contributed by atoms with Crippen LogP contribution in [-0.2, 0) is 21.4 Å². The van der Waals surface area contributed by atoms with Crippen LogP contribution >= 0.6 is 0 Å². The van der Waals surface area contributed by atoms with E-state index in [1.807, 2.05) is 30.3 Å². The van der Waals surface area contributed by atoms with Crippen LogP contribution in [0, 0.1) is 11.6 Å². The average Bonchev–Trinajstić information content (AvgIpc) is 2.75. The van der Waals surface area contributed by atoms with E-state index in [9.17, 15) is 22.0 Å². The molecule has 0 radical (unpaired) electrons. The SMILES string of the molecule is CC(Nc1ccc(S(=O)(=O)Nc2ccc(F)c(F)c2)cn1)C(=O)NCc1ccccc1. The minimum absolute atomic E-state index is 0.121. The van der Waals surface area contributed by atoms with Gasteiger partial charge in [0.15, 0.2) is 11.6 Å². The first-order chi connectivity index (χ1) is 14.7. The first-order valence-corrected chi connectivity index (χ1v) is 10.7. The zero-order valence-corrected chi connectivity index (χ0v) is 17.3. The summed E-state index contributed by atoms with van der Waals surface area (Å²) in [6.07, 6.45) is 1.10. The Morgan fingerprint density at radius 3 is 2.42 bits per heavy atom. The molecule has 1 aromatic heterocycles. The number of nitrogens with zero attached hydrogens (tertiary/aromatic N) is 1. The van der Waals surface area contributed by atoms with Crippen molar-refractivity contribution in [2.24, 2.45) is 0 Å². The maximum atomic E-state index is 13.3. The molecular formula is C21H20F2N4O3S. The van der Waals surface area contributed by atoms with Crippen LogP contribution in [0.1, 0.15) is 12.5 Å². The minimum Gasteiger partial charge on any atom is -0.359 e. The summed E-state index contributed by atoms with van der Waals surface area (Å²) in [5.41, 5.74) is 0.842. The minimum atomic E-state index is -4.05. The molecule has 162 valence electrons. The van der Waals surface area contributed by atoms with Crippen molar-refractivity contribution >= 4 is 27.4 Å². The molecule has 31 heavy (non-hydrogen) atoms. The summed E-state index contributed by atoms with van der Waals surface area (Å²) < 4.78 is 53.3. The monoisotopic (exact) mass is 446 g/mol. The van der Waals surface area contributed by atoms with Gasteiger partial charge in [-0.05, 0) is 36.8 Å². The van der Waals surface area contributed by atoms with Crippen LogP contribution in [0.5, 0.6) is 0 Å². The van der Waals surface area contributed by atoms with E-state index >= 15 is 0 Å². The van der Waals surface area contributed by atoms with Gasteiger partial charge in [0.05, 0.1) is 5.69 Å². The van der Waals surface area contributed by atoms with E-state index in [0.29, 0.717) is 12.4 Å². The molecule has 0 saturated heterocycles. The Hall–Kier alpha value is -3.53. The van der Waals surface area contributed by atoms with Crippen LogP contribution in [0.3, 0.4) is 0 Å². The lowest BCUT2D eigenvalue weighted by molar-refractivity contribution is -0.121. The predicted molar refractivity (Wildman–Crippen MR) is 113 cm³/mol. The van der Waals surface area contributed by atoms with E-state index in [4.69, 9.17) is 0 Å². The lowest BCUT2D eigenvalue weighted by Crippen LogP contribution is -2.37. The number of pyridine rings is 1. The van der Waals surface area contributed by atoms with Crippen LogP contribution in [0.2, 0.25) is 0 Å². The van der Waals surface area contributed by atoms with Gasteiger partial charge in [0.1, 0.15) is 16.8 Å². The number of aromatic nitrogens is 1. The highest BCUT2D eigenvalue weighted by atomic mass is 32.2. The number of amides is 1. The average molecular weight is 446 g/mol. The third-order valence-electron chi connectivity index (χ3n) is 4.29. The predicted octanol–water partition coefficient (Wildman–Crippen LogP) is 3.28. The first-order valence-electron chi connectivity index (χ1n) is 9.27. The van der Waals surface area contributed by atoms with Crippen molar-refractivity contribution in [3.8, 4) is 0 Å². The number of hydrogen-bond acceptors (Lipinski definition) is 5. The molecule has 1 atom stereocenters. The van der Waals surface area contributed by atoms with E-state index in [1.165, 1.54) is 12.1 Å². The summed E-state index contributed by atoms with van der Waals surface area (Å²) in [6, 6.07) is 14.2. The van der Waals surface area contributed by atoms with Gasteiger partial charge >= 0.3 is 0 Å². The Morgan fingerprint density at radius 1 is 1.03 bits per heavy atom. The number of carbonyl (C=O) groups is 1. The van der Waals surface area contributed by atoms with E-state index in [0.717, 1.165) is 30.0 Å². The lowest BCUT2D eigenvalue weighted by Gasteiger charge is -2.15.